The highest BCUT2D eigenvalue weighted by molar-refractivity contribution is 4.99. The Labute approximate surface area is 141 Å². The second kappa shape index (κ2) is 9.36. The van der Waals surface area contributed by atoms with E-state index in [2.05, 4.69) is 0 Å². The zero-order chi connectivity index (χ0) is 17.5. The molecule has 1 aliphatic rings. The van der Waals surface area contributed by atoms with E-state index in [1.54, 1.807) is 0 Å². The summed E-state index contributed by atoms with van der Waals surface area (Å²) in [5.74, 6) is 0.227. The summed E-state index contributed by atoms with van der Waals surface area (Å²) in [6, 6.07) is 0. The van der Waals surface area contributed by atoms with Crippen molar-refractivity contribution in [2.24, 2.45) is 16.7 Å². The molecule has 0 spiro atoms. The van der Waals surface area contributed by atoms with Crippen LogP contribution in [0.15, 0.2) is 0 Å². The van der Waals surface area contributed by atoms with E-state index in [0.717, 1.165) is 38.5 Å². The summed E-state index contributed by atoms with van der Waals surface area (Å²) in [6.45, 7) is 5.71. The Hall–Kier alpha value is -0.160. The van der Waals surface area contributed by atoms with Gasteiger partial charge in [0.05, 0.1) is 25.4 Å². The molecule has 0 bridgehead atoms. The molecule has 1 aliphatic carbocycles. The highest BCUT2D eigenvalue weighted by Crippen LogP contribution is 2.45. The summed E-state index contributed by atoms with van der Waals surface area (Å²) in [4.78, 5) is 0. The SMILES string of the molecule is CCCC(CO)(CCC)C(O)C(O)C(C)(CO)C1CCCCC1. The van der Waals surface area contributed by atoms with Crippen LogP contribution in [0.1, 0.15) is 78.6 Å². The molecule has 0 heterocycles. The van der Waals surface area contributed by atoms with Gasteiger partial charge in [-0.3, -0.25) is 0 Å². The fourth-order valence-electron chi connectivity index (χ4n) is 4.59. The third kappa shape index (κ3) is 4.47. The van der Waals surface area contributed by atoms with E-state index in [4.69, 9.17) is 0 Å². The zero-order valence-corrected chi connectivity index (χ0v) is 15.3. The van der Waals surface area contributed by atoms with Crippen LogP contribution in [-0.4, -0.2) is 45.8 Å². The summed E-state index contributed by atoms with van der Waals surface area (Å²) in [7, 11) is 0. The van der Waals surface area contributed by atoms with Crippen molar-refractivity contribution in [1.29, 1.82) is 0 Å². The number of aliphatic hydroxyl groups excluding tert-OH is 4. The lowest BCUT2D eigenvalue weighted by Crippen LogP contribution is -2.55. The van der Waals surface area contributed by atoms with Crippen molar-refractivity contribution in [2.75, 3.05) is 13.2 Å². The Morgan fingerprint density at radius 1 is 0.870 bits per heavy atom. The maximum atomic E-state index is 11.0. The molecule has 4 heteroatoms. The first-order chi connectivity index (χ1) is 10.9. The molecule has 3 unspecified atom stereocenters. The number of aliphatic hydroxyl groups is 4. The van der Waals surface area contributed by atoms with E-state index in [-0.39, 0.29) is 19.1 Å². The highest BCUT2D eigenvalue weighted by Gasteiger charge is 2.49. The molecule has 4 N–H and O–H groups in total. The number of hydrogen-bond donors (Lipinski definition) is 4. The Morgan fingerprint density at radius 2 is 1.39 bits per heavy atom. The monoisotopic (exact) mass is 330 g/mol. The van der Waals surface area contributed by atoms with Crippen LogP contribution in [0.25, 0.3) is 0 Å². The van der Waals surface area contributed by atoms with Crippen molar-refractivity contribution < 1.29 is 20.4 Å². The van der Waals surface area contributed by atoms with Gasteiger partial charge in [0.15, 0.2) is 0 Å². The minimum absolute atomic E-state index is 0.126. The summed E-state index contributed by atoms with van der Waals surface area (Å²) < 4.78 is 0. The first-order valence-electron chi connectivity index (χ1n) is 9.49. The standard InChI is InChI=1S/C19H38O4/c1-4-11-19(14-21,12-5-2)17(23)16(22)18(3,13-20)15-9-7-6-8-10-15/h15-17,20-23H,4-14H2,1-3H3. The minimum Gasteiger partial charge on any atom is -0.396 e. The minimum atomic E-state index is -1.01. The van der Waals surface area contributed by atoms with Gasteiger partial charge in [0.2, 0.25) is 0 Å². The molecular formula is C19H38O4. The van der Waals surface area contributed by atoms with Crippen LogP contribution in [0, 0.1) is 16.7 Å². The average molecular weight is 331 g/mol. The maximum absolute atomic E-state index is 11.0. The Balaban J connectivity index is 3.02. The van der Waals surface area contributed by atoms with Gasteiger partial charge in [0.25, 0.3) is 0 Å². The van der Waals surface area contributed by atoms with E-state index in [0.29, 0.717) is 12.8 Å². The van der Waals surface area contributed by atoms with Crippen LogP contribution >= 0.6 is 0 Å². The Morgan fingerprint density at radius 3 is 1.78 bits per heavy atom. The molecule has 1 rings (SSSR count). The predicted molar refractivity (Wildman–Crippen MR) is 93.1 cm³/mol. The van der Waals surface area contributed by atoms with E-state index in [9.17, 15) is 20.4 Å². The average Bonchev–Trinajstić information content (AvgIpc) is 2.60. The second-order valence-electron chi connectivity index (χ2n) is 7.91. The lowest BCUT2D eigenvalue weighted by atomic mass is 9.61. The van der Waals surface area contributed by atoms with Gasteiger partial charge in [-0.1, -0.05) is 52.9 Å². The fourth-order valence-corrected chi connectivity index (χ4v) is 4.59. The zero-order valence-electron chi connectivity index (χ0n) is 15.3. The van der Waals surface area contributed by atoms with Crippen molar-refractivity contribution >= 4 is 0 Å². The number of hydrogen-bond acceptors (Lipinski definition) is 4. The third-order valence-electron chi connectivity index (χ3n) is 6.29. The van der Waals surface area contributed by atoms with Crippen molar-refractivity contribution in [1.82, 2.24) is 0 Å². The van der Waals surface area contributed by atoms with Crippen LogP contribution in [0.2, 0.25) is 0 Å². The molecule has 138 valence electrons. The lowest BCUT2D eigenvalue weighted by Gasteiger charge is -2.48. The Kier molecular flexibility index (Phi) is 8.50. The van der Waals surface area contributed by atoms with Gasteiger partial charge in [-0.05, 0) is 31.6 Å². The van der Waals surface area contributed by atoms with E-state index >= 15 is 0 Å². The maximum Gasteiger partial charge on any atom is 0.0883 e. The van der Waals surface area contributed by atoms with E-state index < -0.39 is 23.0 Å². The van der Waals surface area contributed by atoms with Crippen molar-refractivity contribution in [3.05, 3.63) is 0 Å². The Bertz CT molecular complexity index is 321. The molecule has 3 atom stereocenters. The molecule has 4 nitrogen and oxygen atoms in total. The summed E-state index contributed by atoms with van der Waals surface area (Å²) in [6.07, 6.45) is 6.49. The molecule has 0 aliphatic heterocycles. The summed E-state index contributed by atoms with van der Waals surface area (Å²) in [5.41, 5.74) is -1.38. The molecule has 0 aromatic carbocycles. The van der Waals surface area contributed by atoms with Gasteiger partial charge in [-0.2, -0.15) is 0 Å². The van der Waals surface area contributed by atoms with Gasteiger partial charge < -0.3 is 20.4 Å². The quantitative estimate of drug-likeness (QED) is 0.496. The van der Waals surface area contributed by atoms with Crippen molar-refractivity contribution in [3.63, 3.8) is 0 Å². The molecule has 0 radical (unpaired) electrons. The smallest absolute Gasteiger partial charge is 0.0883 e. The van der Waals surface area contributed by atoms with Gasteiger partial charge in [0, 0.05) is 10.8 Å². The first-order valence-corrected chi connectivity index (χ1v) is 9.49. The molecule has 0 aromatic rings. The van der Waals surface area contributed by atoms with Crippen LogP contribution in [0.3, 0.4) is 0 Å². The van der Waals surface area contributed by atoms with Crippen molar-refractivity contribution in [2.45, 2.75) is 90.8 Å². The van der Waals surface area contributed by atoms with E-state index in [1.165, 1.54) is 6.42 Å². The van der Waals surface area contributed by atoms with E-state index in [1.807, 2.05) is 20.8 Å². The molecule has 1 fully saturated rings. The highest BCUT2D eigenvalue weighted by atomic mass is 16.3. The molecule has 0 saturated heterocycles. The van der Waals surface area contributed by atoms with Gasteiger partial charge >= 0.3 is 0 Å². The largest absolute Gasteiger partial charge is 0.396 e. The normalized spacial score (nSPS) is 22.6. The second-order valence-corrected chi connectivity index (χ2v) is 7.91. The summed E-state index contributed by atoms with van der Waals surface area (Å²) >= 11 is 0. The lowest BCUT2D eigenvalue weighted by molar-refractivity contribution is -0.163. The third-order valence-corrected chi connectivity index (χ3v) is 6.29. The van der Waals surface area contributed by atoms with Crippen LogP contribution in [0.5, 0.6) is 0 Å². The number of rotatable bonds is 10. The van der Waals surface area contributed by atoms with Crippen LogP contribution in [0.4, 0.5) is 0 Å². The van der Waals surface area contributed by atoms with Crippen LogP contribution < -0.4 is 0 Å². The molecule has 0 amide bonds. The molecule has 0 aromatic heterocycles. The molecular weight excluding hydrogens is 292 g/mol. The van der Waals surface area contributed by atoms with Crippen molar-refractivity contribution in [3.8, 4) is 0 Å². The van der Waals surface area contributed by atoms with Crippen LogP contribution in [-0.2, 0) is 0 Å². The van der Waals surface area contributed by atoms with Gasteiger partial charge in [0.1, 0.15) is 0 Å². The topological polar surface area (TPSA) is 80.9 Å². The van der Waals surface area contributed by atoms with Gasteiger partial charge in [-0.15, -0.1) is 0 Å². The first kappa shape index (κ1) is 20.9. The predicted octanol–water partition coefficient (Wildman–Crippen LogP) is 2.87. The fraction of sp³-hybridized carbons (Fsp3) is 1.00. The van der Waals surface area contributed by atoms with Gasteiger partial charge in [-0.25, -0.2) is 0 Å². The molecule has 1 saturated carbocycles. The molecule has 23 heavy (non-hydrogen) atoms. The summed E-state index contributed by atoms with van der Waals surface area (Å²) in [5, 5.41) is 41.9.